The average molecular weight is 488 g/mol. The van der Waals surface area contributed by atoms with Crippen molar-refractivity contribution >= 4 is 27.4 Å². The van der Waals surface area contributed by atoms with Gasteiger partial charge in [-0.1, -0.05) is 61.0 Å². The van der Waals surface area contributed by atoms with E-state index < -0.39 is 12.0 Å². The first-order chi connectivity index (χ1) is 17.1. The zero-order valence-corrected chi connectivity index (χ0v) is 20.5. The van der Waals surface area contributed by atoms with Gasteiger partial charge in [0.2, 0.25) is 0 Å². The largest absolute Gasteiger partial charge is 0.493 e. The highest BCUT2D eigenvalue weighted by Crippen LogP contribution is 2.42. The second-order valence-electron chi connectivity index (χ2n) is 8.86. The van der Waals surface area contributed by atoms with Gasteiger partial charge in [-0.15, -0.1) is 11.3 Å². The van der Waals surface area contributed by atoms with Crippen LogP contribution in [0, 0.1) is 0 Å². The second-order valence-corrected chi connectivity index (χ2v) is 9.98. The number of ether oxygens (including phenoxy) is 2. The van der Waals surface area contributed by atoms with Gasteiger partial charge in [-0.3, -0.25) is 9.69 Å². The number of carboxylic acids is 1. The number of hydrogen-bond acceptors (Lipinski definition) is 5. The van der Waals surface area contributed by atoms with E-state index in [-0.39, 0.29) is 6.04 Å². The Hall–Kier alpha value is -3.35. The predicted octanol–water partition coefficient (Wildman–Crippen LogP) is 6.52. The highest BCUT2D eigenvalue weighted by molar-refractivity contribution is 7.19. The molecule has 1 fully saturated rings. The molecule has 0 radical (unpaired) electrons. The molecule has 5 nitrogen and oxygen atoms in total. The number of aliphatic carboxylic acids is 1. The summed E-state index contributed by atoms with van der Waals surface area (Å²) in [6.07, 6.45) is 2.58. The van der Waals surface area contributed by atoms with Gasteiger partial charge in [-0.05, 0) is 60.2 Å². The fourth-order valence-electron chi connectivity index (χ4n) is 4.89. The van der Waals surface area contributed by atoms with Crippen molar-refractivity contribution in [3.63, 3.8) is 0 Å². The van der Waals surface area contributed by atoms with Crippen LogP contribution in [-0.2, 0) is 11.4 Å². The number of rotatable bonds is 8. The highest BCUT2D eigenvalue weighted by Gasteiger charge is 2.36. The molecule has 6 heteroatoms. The molecule has 4 aromatic rings. The SMILES string of the molecule is COc1cc(C(c2cc3ccccc3s2)N2CCCCC2C(=O)O)ccc1OCc1ccccc1. The van der Waals surface area contributed by atoms with Crippen molar-refractivity contribution in [2.75, 3.05) is 13.7 Å². The van der Waals surface area contributed by atoms with E-state index in [4.69, 9.17) is 9.47 Å². The maximum Gasteiger partial charge on any atom is 0.320 e. The molecule has 1 N–H and O–H groups in total. The Bertz CT molecular complexity index is 1270. The van der Waals surface area contributed by atoms with Crippen LogP contribution >= 0.6 is 11.3 Å². The molecule has 1 aliphatic rings. The van der Waals surface area contributed by atoms with E-state index in [1.165, 1.54) is 10.1 Å². The topological polar surface area (TPSA) is 59.0 Å². The van der Waals surface area contributed by atoms with Crippen molar-refractivity contribution in [1.29, 1.82) is 0 Å². The third-order valence-corrected chi connectivity index (χ3v) is 7.78. The first kappa shape index (κ1) is 23.4. The summed E-state index contributed by atoms with van der Waals surface area (Å²) in [4.78, 5) is 15.5. The molecule has 3 aromatic carbocycles. The van der Waals surface area contributed by atoms with Crippen LogP contribution in [-0.4, -0.2) is 35.7 Å². The van der Waals surface area contributed by atoms with Gasteiger partial charge in [0.1, 0.15) is 12.6 Å². The van der Waals surface area contributed by atoms with Gasteiger partial charge in [-0.2, -0.15) is 0 Å². The Morgan fingerprint density at radius 2 is 1.83 bits per heavy atom. The van der Waals surface area contributed by atoms with Gasteiger partial charge in [0.05, 0.1) is 13.2 Å². The molecule has 0 saturated carbocycles. The zero-order valence-electron chi connectivity index (χ0n) is 19.7. The van der Waals surface area contributed by atoms with Crippen LogP contribution in [0.1, 0.15) is 41.3 Å². The maximum absolute atomic E-state index is 12.2. The van der Waals surface area contributed by atoms with Crippen LogP contribution in [0.5, 0.6) is 11.5 Å². The molecule has 2 atom stereocenters. The fraction of sp³-hybridized carbons (Fsp3) is 0.276. The Balaban J connectivity index is 1.53. The normalized spacial score (nSPS) is 17.2. The molecular weight excluding hydrogens is 458 g/mol. The van der Waals surface area contributed by atoms with Gasteiger partial charge in [0, 0.05) is 9.58 Å². The molecule has 1 saturated heterocycles. The van der Waals surface area contributed by atoms with Crippen molar-refractivity contribution in [3.8, 4) is 11.5 Å². The molecule has 180 valence electrons. The van der Waals surface area contributed by atoms with Crippen molar-refractivity contribution in [2.45, 2.75) is 38.0 Å². The van der Waals surface area contributed by atoms with E-state index in [2.05, 4.69) is 23.1 Å². The van der Waals surface area contributed by atoms with Crippen molar-refractivity contribution in [2.24, 2.45) is 0 Å². The molecule has 0 aliphatic carbocycles. The van der Waals surface area contributed by atoms with E-state index >= 15 is 0 Å². The summed E-state index contributed by atoms with van der Waals surface area (Å²) >= 11 is 1.73. The predicted molar refractivity (Wildman–Crippen MR) is 139 cm³/mol. The van der Waals surface area contributed by atoms with E-state index in [1.807, 2.05) is 60.7 Å². The molecule has 1 aliphatic heterocycles. The van der Waals surface area contributed by atoms with Crippen LogP contribution in [0.2, 0.25) is 0 Å². The Kier molecular flexibility index (Phi) is 7.02. The van der Waals surface area contributed by atoms with E-state index in [0.29, 0.717) is 24.5 Å². The van der Waals surface area contributed by atoms with Crippen LogP contribution in [0.4, 0.5) is 0 Å². The number of carbonyl (C=O) groups is 1. The van der Waals surface area contributed by atoms with E-state index in [1.54, 1.807) is 18.4 Å². The molecule has 5 rings (SSSR count). The van der Waals surface area contributed by atoms with Crippen molar-refractivity contribution in [3.05, 3.63) is 94.9 Å². The maximum atomic E-state index is 12.2. The molecule has 0 spiro atoms. The summed E-state index contributed by atoms with van der Waals surface area (Å²) in [5, 5.41) is 11.2. The Labute approximate surface area is 209 Å². The van der Waals surface area contributed by atoms with Gasteiger partial charge in [0.25, 0.3) is 0 Å². The van der Waals surface area contributed by atoms with E-state index in [0.717, 1.165) is 35.4 Å². The Morgan fingerprint density at radius 3 is 2.60 bits per heavy atom. The zero-order chi connectivity index (χ0) is 24.2. The Morgan fingerprint density at radius 1 is 1.03 bits per heavy atom. The van der Waals surface area contributed by atoms with Crippen LogP contribution < -0.4 is 9.47 Å². The number of piperidine rings is 1. The molecule has 0 amide bonds. The summed E-state index contributed by atoms with van der Waals surface area (Å²) in [5.74, 6) is 0.558. The van der Waals surface area contributed by atoms with E-state index in [9.17, 15) is 9.90 Å². The van der Waals surface area contributed by atoms with Crippen molar-refractivity contribution < 1.29 is 19.4 Å². The molecular formula is C29H29NO4S. The van der Waals surface area contributed by atoms with Gasteiger partial charge in [-0.25, -0.2) is 0 Å². The third kappa shape index (κ3) is 5.04. The lowest BCUT2D eigenvalue weighted by Gasteiger charge is -2.39. The minimum atomic E-state index is -0.759. The molecule has 1 aromatic heterocycles. The molecule has 0 bridgehead atoms. The number of fused-ring (bicyclic) bond motifs is 1. The molecule has 2 heterocycles. The van der Waals surface area contributed by atoms with Crippen LogP contribution in [0.25, 0.3) is 10.1 Å². The average Bonchev–Trinajstić information content (AvgIpc) is 3.32. The minimum Gasteiger partial charge on any atom is -0.493 e. The number of methoxy groups -OCH3 is 1. The molecule has 2 unspecified atom stereocenters. The first-order valence-corrected chi connectivity index (χ1v) is 12.8. The third-order valence-electron chi connectivity index (χ3n) is 6.62. The minimum absolute atomic E-state index is 0.175. The number of carboxylic acid groups (broad SMARTS) is 1. The van der Waals surface area contributed by atoms with Crippen molar-refractivity contribution in [1.82, 2.24) is 4.90 Å². The molecule has 35 heavy (non-hydrogen) atoms. The first-order valence-electron chi connectivity index (χ1n) is 12.0. The monoisotopic (exact) mass is 487 g/mol. The van der Waals surface area contributed by atoms with Gasteiger partial charge < -0.3 is 14.6 Å². The fourth-order valence-corrected chi connectivity index (χ4v) is 6.11. The number of hydrogen-bond donors (Lipinski definition) is 1. The number of benzene rings is 3. The number of nitrogens with zero attached hydrogens (tertiary/aromatic N) is 1. The highest BCUT2D eigenvalue weighted by atomic mass is 32.1. The quantitative estimate of drug-likeness (QED) is 0.307. The van der Waals surface area contributed by atoms with Crippen LogP contribution in [0.3, 0.4) is 0 Å². The standard InChI is InChI=1S/C29H29NO4S/c1-33-25-17-22(14-15-24(25)34-19-20-9-3-2-4-10-20)28(30-16-8-7-12-23(30)29(31)32)27-18-21-11-5-6-13-26(21)35-27/h2-6,9-11,13-15,17-18,23,28H,7-8,12,16,19H2,1H3,(H,31,32). The second kappa shape index (κ2) is 10.5. The summed E-state index contributed by atoms with van der Waals surface area (Å²) < 4.78 is 13.0. The lowest BCUT2D eigenvalue weighted by Crippen LogP contribution is -2.46. The number of thiophene rings is 1. The summed E-state index contributed by atoms with van der Waals surface area (Å²) in [6.45, 7) is 1.19. The van der Waals surface area contributed by atoms with Gasteiger partial charge in [0.15, 0.2) is 11.5 Å². The lowest BCUT2D eigenvalue weighted by molar-refractivity contribution is -0.145. The summed E-state index contributed by atoms with van der Waals surface area (Å²) in [5.41, 5.74) is 2.09. The lowest BCUT2D eigenvalue weighted by atomic mass is 9.95. The van der Waals surface area contributed by atoms with Crippen LogP contribution in [0.15, 0.2) is 78.9 Å². The number of likely N-dealkylation sites (tertiary alicyclic amines) is 1. The van der Waals surface area contributed by atoms with Gasteiger partial charge >= 0.3 is 5.97 Å². The summed E-state index contributed by atoms with van der Waals surface area (Å²) in [7, 11) is 1.64. The summed E-state index contributed by atoms with van der Waals surface area (Å²) in [6, 6.07) is 25.8. The smallest absolute Gasteiger partial charge is 0.320 e.